The van der Waals surface area contributed by atoms with E-state index in [1.807, 2.05) is 13.8 Å². The van der Waals surface area contributed by atoms with Gasteiger partial charge in [0.2, 0.25) is 0 Å². The fraction of sp³-hybridized carbons (Fsp3) is 1.00. The maximum Gasteiger partial charge on any atom is 0.150 e. The number of hydrogen-bond acceptors (Lipinski definition) is 4. The molecule has 0 aromatic carbocycles. The molecule has 0 atom stereocenters. The molecule has 2 N–H and O–H groups in total. The molecule has 0 fully saturated rings. The summed E-state index contributed by atoms with van der Waals surface area (Å²) in [6.45, 7) is 5.02. The van der Waals surface area contributed by atoms with E-state index in [1.54, 1.807) is 4.31 Å². The van der Waals surface area contributed by atoms with Crippen molar-refractivity contribution < 1.29 is 13.8 Å². The smallest absolute Gasteiger partial charge is 0.150 e. The molecule has 0 spiro atoms. The zero-order valence-corrected chi connectivity index (χ0v) is 8.10. The quantitative estimate of drug-likeness (QED) is 0.679. The van der Waals surface area contributed by atoms with Crippen LogP contribution in [0.15, 0.2) is 0 Å². The van der Waals surface area contributed by atoms with Crippen LogP contribution in [0.4, 0.5) is 0 Å². The summed E-state index contributed by atoms with van der Waals surface area (Å²) in [5, 5.41) is 0. The van der Waals surface area contributed by atoms with Gasteiger partial charge < -0.3 is 4.74 Å². The third kappa shape index (κ3) is 3.39. The summed E-state index contributed by atoms with van der Waals surface area (Å²) in [6, 6.07) is 0. The predicted molar refractivity (Wildman–Crippen MR) is 47.6 cm³/mol. The van der Waals surface area contributed by atoms with E-state index < -0.39 is 10.8 Å². The molecule has 0 rings (SSSR count). The predicted octanol–water partition coefficient (Wildman–Crippen LogP) is 1.60. The fourth-order valence-electron chi connectivity index (χ4n) is 0.870. The van der Waals surface area contributed by atoms with Gasteiger partial charge in [0, 0.05) is 20.2 Å². The Hall–Kier alpha value is 0.190. The molecule has 0 bridgehead atoms. The lowest BCUT2D eigenvalue weighted by Gasteiger charge is -2.40. The van der Waals surface area contributed by atoms with Gasteiger partial charge in [-0.3, -0.25) is 9.11 Å². The molecule has 5 heteroatoms. The molecule has 0 amide bonds. The van der Waals surface area contributed by atoms with E-state index in [0.717, 1.165) is 0 Å². The highest BCUT2D eigenvalue weighted by molar-refractivity contribution is 8.22. The van der Waals surface area contributed by atoms with Crippen LogP contribution < -0.4 is 0 Å². The van der Waals surface area contributed by atoms with Gasteiger partial charge in [0.05, 0.1) is 0 Å². The first kappa shape index (κ1) is 11.2. The van der Waals surface area contributed by atoms with Crippen molar-refractivity contribution >= 4 is 10.8 Å². The molecule has 4 nitrogen and oxygen atoms in total. The van der Waals surface area contributed by atoms with Gasteiger partial charge in [-0.1, -0.05) is 13.8 Å². The summed E-state index contributed by atoms with van der Waals surface area (Å²) >= 11 is 0. The fourth-order valence-corrected chi connectivity index (χ4v) is 2.16. The Morgan fingerprint density at radius 1 is 1.27 bits per heavy atom. The maximum absolute atomic E-state index is 9.41. The van der Waals surface area contributed by atoms with Crippen LogP contribution in [0.2, 0.25) is 0 Å². The molecular weight excluding hydrogens is 166 g/mol. The zero-order valence-electron chi connectivity index (χ0n) is 7.28. The Balaban J connectivity index is 4.00. The summed E-state index contributed by atoms with van der Waals surface area (Å²) < 4.78 is 25.1. The normalized spacial score (nSPS) is 14.0. The maximum atomic E-state index is 9.41. The van der Waals surface area contributed by atoms with Crippen molar-refractivity contribution in [2.24, 2.45) is 0 Å². The first-order chi connectivity index (χ1) is 5.08. The lowest BCUT2D eigenvalue weighted by molar-refractivity contribution is 0.222. The average molecular weight is 183 g/mol. The molecule has 0 saturated heterocycles. The van der Waals surface area contributed by atoms with Gasteiger partial charge in [-0.05, 0) is 0 Å². The summed E-state index contributed by atoms with van der Waals surface area (Å²) in [5.74, 6) is -0.00528. The number of nitrogens with zero attached hydrogens (tertiary/aromatic N) is 1. The Labute approximate surface area is 69.6 Å². The number of ether oxygens (including phenoxy) is 1. The number of rotatable bonds is 5. The molecular formula is C6H17NO3S. The van der Waals surface area contributed by atoms with E-state index in [1.165, 1.54) is 7.11 Å². The monoisotopic (exact) mass is 183 g/mol. The van der Waals surface area contributed by atoms with Crippen LogP contribution in [0.1, 0.15) is 13.8 Å². The first-order valence-corrected chi connectivity index (χ1v) is 5.25. The van der Waals surface area contributed by atoms with Crippen LogP contribution in [-0.4, -0.2) is 39.5 Å². The van der Waals surface area contributed by atoms with Gasteiger partial charge in [0.1, 0.15) is 0 Å². The van der Waals surface area contributed by atoms with Gasteiger partial charge in [0.15, 0.2) is 5.94 Å². The van der Waals surface area contributed by atoms with Gasteiger partial charge in [-0.2, -0.15) is 0 Å². The van der Waals surface area contributed by atoms with E-state index >= 15 is 0 Å². The summed E-state index contributed by atoms with van der Waals surface area (Å²) in [4.78, 5) is 0. The van der Waals surface area contributed by atoms with Crippen LogP contribution >= 0.6 is 10.8 Å². The third-order valence-corrected chi connectivity index (χ3v) is 3.29. The lowest BCUT2D eigenvalue weighted by atomic mass is 10.7. The summed E-state index contributed by atoms with van der Waals surface area (Å²) in [7, 11) is -1.21. The molecule has 0 aliphatic rings. The van der Waals surface area contributed by atoms with Crippen LogP contribution in [0.25, 0.3) is 0 Å². The van der Waals surface area contributed by atoms with Crippen molar-refractivity contribution in [3.8, 4) is 0 Å². The Kier molecular flexibility index (Phi) is 5.03. The molecule has 70 valence electrons. The minimum absolute atomic E-state index is 0.00528. The Morgan fingerprint density at radius 2 is 1.73 bits per heavy atom. The highest BCUT2D eigenvalue weighted by Crippen LogP contribution is 2.41. The van der Waals surface area contributed by atoms with E-state index in [-0.39, 0.29) is 5.94 Å². The van der Waals surface area contributed by atoms with Crippen LogP contribution in [0.3, 0.4) is 0 Å². The van der Waals surface area contributed by atoms with Crippen molar-refractivity contribution in [3.63, 3.8) is 0 Å². The molecule has 11 heavy (non-hydrogen) atoms. The SMILES string of the molecule is CCN(CC)S(O)(O)COC. The standard InChI is InChI=1S/C6H17NO3S/c1-4-7(5-2)11(8,9)6-10-3/h8-9H,4-6H2,1-3H3. The first-order valence-electron chi connectivity index (χ1n) is 3.58. The van der Waals surface area contributed by atoms with Gasteiger partial charge in [-0.15, -0.1) is 10.8 Å². The molecule has 0 heterocycles. The second-order valence-corrected chi connectivity index (χ2v) is 4.17. The molecule has 0 aliphatic carbocycles. The van der Waals surface area contributed by atoms with E-state index in [4.69, 9.17) is 0 Å². The Morgan fingerprint density at radius 3 is 2.00 bits per heavy atom. The lowest BCUT2D eigenvalue weighted by Crippen LogP contribution is -2.29. The molecule has 0 aromatic rings. The minimum Gasteiger partial charge on any atom is -0.363 e. The van der Waals surface area contributed by atoms with E-state index in [0.29, 0.717) is 13.1 Å². The molecule has 0 saturated carbocycles. The number of methoxy groups -OCH3 is 1. The molecule has 0 unspecified atom stereocenters. The van der Waals surface area contributed by atoms with Gasteiger partial charge in [-0.25, -0.2) is 4.31 Å². The van der Waals surface area contributed by atoms with Crippen molar-refractivity contribution in [2.45, 2.75) is 13.8 Å². The Bertz CT molecular complexity index is 106. The van der Waals surface area contributed by atoms with Crippen LogP contribution in [-0.2, 0) is 4.74 Å². The van der Waals surface area contributed by atoms with Crippen LogP contribution in [0, 0.1) is 0 Å². The van der Waals surface area contributed by atoms with Crippen molar-refractivity contribution in [1.82, 2.24) is 4.31 Å². The molecule has 0 aromatic heterocycles. The summed E-state index contributed by atoms with van der Waals surface area (Å²) in [6.07, 6.45) is 0. The minimum atomic E-state index is -2.66. The highest BCUT2D eigenvalue weighted by Gasteiger charge is 2.18. The van der Waals surface area contributed by atoms with Gasteiger partial charge in [0.25, 0.3) is 0 Å². The van der Waals surface area contributed by atoms with E-state index in [9.17, 15) is 9.11 Å². The zero-order chi connectivity index (χ0) is 8.91. The largest absolute Gasteiger partial charge is 0.363 e. The van der Waals surface area contributed by atoms with Crippen molar-refractivity contribution in [1.29, 1.82) is 0 Å². The average Bonchev–Trinajstić information content (AvgIpc) is 1.89. The summed E-state index contributed by atoms with van der Waals surface area (Å²) in [5.41, 5.74) is 0. The second-order valence-electron chi connectivity index (χ2n) is 2.15. The number of hydrogen-bond donors (Lipinski definition) is 2. The van der Waals surface area contributed by atoms with Crippen molar-refractivity contribution in [2.75, 3.05) is 26.1 Å². The van der Waals surface area contributed by atoms with Crippen molar-refractivity contribution in [3.05, 3.63) is 0 Å². The second kappa shape index (κ2) is 4.95. The third-order valence-electron chi connectivity index (χ3n) is 1.39. The van der Waals surface area contributed by atoms with E-state index in [2.05, 4.69) is 4.74 Å². The van der Waals surface area contributed by atoms with Gasteiger partial charge >= 0.3 is 0 Å². The topological polar surface area (TPSA) is 52.9 Å². The molecule has 0 aliphatic heterocycles. The highest BCUT2D eigenvalue weighted by atomic mass is 32.3. The van der Waals surface area contributed by atoms with Crippen LogP contribution in [0.5, 0.6) is 0 Å². The molecule has 0 radical (unpaired) electrons.